The Labute approximate surface area is 104 Å². The normalized spacial score (nSPS) is 12.9. The number of esters is 1. The molecule has 0 radical (unpaired) electrons. The second-order valence-corrected chi connectivity index (χ2v) is 5.32. The molecule has 1 atom stereocenters. The van der Waals surface area contributed by atoms with E-state index in [4.69, 9.17) is 4.74 Å². The van der Waals surface area contributed by atoms with Crippen LogP contribution in [0.5, 0.6) is 0 Å². The van der Waals surface area contributed by atoms with E-state index in [0.717, 1.165) is 0 Å². The largest absolute Gasteiger partial charge is 0.458 e. The van der Waals surface area contributed by atoms with Gasteiger partial charge in [0, 0.05) is 5.38 Å². The summed E-state index contributed by atoms with van der Waals surface area (Å²) in [6.07, 6.45) is 0. The molecule has 1 aromatic heterocycles. The first-order valence-electron chi connectivity index (χ1n) is 5.21. The molecule has 0 aliphatic heterocycles. The maximum Gasteiger partial charge on any atom is 0.328 e. The van der Waals surface area contributed by atoms with Gasteiger partial charge in [-0.15, -0.1) is 11.3 Å². The Balaban J connectivity index is 2.52. The molecule has 0 spiro atoms. The zero-order valence-corrected chi connectivity index (χ0v) is 11.1. The first-order valence-corrected chi connectivity index (χ1v) is 6.16. The van der Waals surface area contributed by atoms with Crippen LogP contribution in [0, 0.1) is 0 Å². The molecule has 1 N–H and O–H groups in total. The number of rotatable bonds is 3. The van der Waals surface area contributed by atoms with Crippen molar-refractivity contribution < 1.29 is 14.3 Å². The molecule has 1 aromatic rings. The topological polar surface area (TPSA) is 68.3 Å². The first-order chi connectivity index (χ1) is 7.79. The van der Waals surface area contributed by atoms with Crippen LogP contribution in [-0.2, 0) is 9.53 Å². The smallest absolute Gasteiger partial charge is 0.328 e. The predicted octanol–water partition coefficient (Wildman–Crippen LogP) is 1.60. The Morgan fingerprint density at radius 1 is 1.47 bits per heavy atom. The SMILES string of the molecule is C[C@@H](NC(=O)c1cscn1)C(=O)OC(C)(C)C. The van der Waals surface area contributed by atoms with E-state index >= 15 is 0 Å². The van der Waals surface area contributed by atoms with Crippen LogP contribution < -0.4 is 5.32 Å². The summed E-state index contributed by atoms with van der Waals surface area (Å²) in [5.74, 6) is -0.828. The summed E-state index contributed by atoms with van der Waals surface area (Å²) in [6, 6.07) is -0.691. The van der Waals surface area contributed by atoms with E-state index < -0.39 is 17.6 Å². The third-order valence-corrected chi connectivity index (χ3v) is 2.36. The number of nitrogens with zero attached hydrogens (tertiary/aromatic N) is 1. The van der Waals surface area contributed by atoms with Gasteiger partial charge in [0.15, 0.2) is 0 Å². The van der Waals surface area contributed by atoms with E-state index in [9.17, 15) is 9.59 Å². The molecule has 1 heterocycles. The fourth-order valence-corrected chi connectivity index (χ4v) is 1.58. The van der Waals surface area contributed by atoms with Gasteiger partial charge in [-0.25, -0.2) is 9.78 Å². The Morgan fingerprint density at radius 3 is 2.59 bits per heavy atom. The average molecular weight is 256 g/mol. The minimum atomic E-state index is -0.691. The molecule has 0 aliphatic rings. The van der Waals surface area contributed by atoms with Crippen molar-refractivity contribution in [1.82, 2.24) is 10.3 Å². The summed E-state index contributed by atoms with van der Waals surface area (Å²) in [5.41, 5.74) is 1.31. The fraction of sp³-hybridized carbons (Fsp3) is 0.545. The molecule has 0 saturated heterocycles. The van der Waals surface area contributed by atoms with Gasteiger partial charge in [0.05, 0.1) is 5.51 Å². The van der Waals surface area contributed by atoms with Crippen molar-refractivity contribution in [3.05, 3.63) is 16.6 Å². The number of thiazole rings is 1. The highest BCUT2D eigenvalue weighted by Crippen LogP contribution is 2.08. The van der Waals surface area contributed by atoms with Gasteiger partial charge >= 0.3 is 5.97 Å². The fourth-order valence-electron chi connectivity index (χ4n) is 1.04. The molecule has 0 aliphatic carbocycles. The lowest BCUT2D eigenvalue weighted by atomic mass is 10.2. The van der Waals surface area contributed by atoms with Gasteiger partial charge in [0.25, 0.3) is 5.91 Å². The molecule has 94 valence electrons. The van der Waals surface area contributed by atoms with Crippen LogP contribution in [0.15, 0.2) is 10.9 Å². The number of carbonyl (C=O) groups excluding carboxylic acids is 2. The molecular formula is C11H16N2O3S. The van der Waals surface area contributed by atoms with Crippen LogP contribution in [-0.4, -0.2) is 28.5 Å². The molecule has 0 unspecified atom stereocenters. The molecule has 0 aromatic carbocycles. The second-order valence-electron chi connectivity index (χ2n) is 4.60. The van der Waals surface area contributed by atoms with Crippen LogP contribution in [0.4, 0.5) is 0 Å². The molecule has 0 bridgehead atoms. The molecular weight excluding hydrogens is 240 g/mol. The Hall–Kier alpha value is -1.43. The lowest BCUT2D eigenvalue weighted by Crippen LogP contribution is -2.42. The Morgan fingerprint density at radius 2 is 2.12 bits per heavy atom. The molecule has 1 rings (SSSR count). The van der Waals surface area contributed by atoms with Gasteiger partial charge in [-0.05, 0) is 27.7 Å². The van der Waals surface area contributed by atoms with Gasteiger partial charge in [-0.3, -0.25) is 4.79 Å². The van der Waals surface area contributed by atoms with Gasteiger partial charge in [0.1, 0.15) is 17.3 Å². The average Bonchev–Trinajstić information content (AvgIpc) is 2.67. The van der Waals surface area contributed by atoms with Crippen molar-refractivity contribution in [2.24, 2.45) is 0 Å². The number of carbonyl (C=O) groups is 2. The lowest BCUT2D eigenvalue weighted by Gasteiger charge is -2.22. The van der Waals surface area contributed by atoms with Crippen LogP contribution in [0.1, 0.15) is 38.2 Å². The minimum Gasteiger partial charge on any atom is -0.458 e. The molecule has 0 fully saturated rings. The van der Waals surface area contributed by atoms with E-state index in [1.54, 1.807) is 38.6 Å². The predicted molar refractivity (Wildman–Crippen MR) is 64.9 cm³/mol. The molecule has 5 nitrogen and oxygen atoms in total. The standard InChI is InChI=1S/C11H16N2O3S/c1-7(10(15)16-11(2,3)4)13-9(14)8-5-17-6-12-8/h5-7H,1-4H3,(H,13,14)/t7-/m1/s1. The van der Waals surface area contributed by atoms with Gasteiger partial charge in [0.2, 0.25) is 0 Å². The molecule has 1 amide bonds. The van der Waals surface area contributed by atoms with Gasteiger partial charge in [-0.2, -0.15) is 0 Å². The zero-order chi connectivity index (χ0) is 13.1. The monoisotopic (exact) mass is 256 g/mol. The van der Waals surface area contributed by atoms with Crippen molar-refractivity contribution in [2.45, 2.75) is 39.3 Å². The summed E-state index contributed by atoms with van der Waals surface area (Å²) in [4.78, 5) is 27.1. The summed E-state index contributed by atoms with van der Waals surface area (Å²) < 4.78 is 5.15. The summed E-state index contributed by atoms with van der Waals surface area (Å²) in [7, 11) is 0. The van der Waals surface area contributed by atoms with E-state index in [-0.39, 0.29) is 5.91 Å². The van der Waals surface area contributed by atoms with E-state index in [1.807, 2.05) is 0 Å². The maximum atomic E-state index is 11.6. The van der Waals surface area contributed by atoms with Crippen LogP contribution in [0.3, 0.4) is 0 Å². The molecule has 0 saturated carbocycles. The Bertz CT molecular complexity index is 395. The van der Waals surface area contributed by atoms with Gasteiger partial charge in [-0.1, -0.05) is 0 Å². The third-order valence-electron chi connectivity index (χ3n) is 1.77. The number of nitrogens with one attached hydrogen (secondary N) is 1. The van der Waals surface area contributed by atoms with E-state index in [0.29, 0.717) is 5.69 Å². The highest BCUT2D eigenvalue weighted by molar-refractivity contribution is 7.07. The number of hydrogen-bond donors (Lipinski definition) is 1. The number of amides is 1. The number of aromatic nitrogens is 1. The quantitative estimate of drug-likeness (QED) is 0.834. The minimum absolute atomic E-state index is 0.311. The lowest BCUT2D eigenvalue weighted by molar-refractivity contribution is -0.156. The van der Waals surface area contributed by atoms with E-state index in [2.05, 4.69) is 10.3 Å². The number of ether oxygens (including phenoxy) is 1. The first kappa shape index (κ1) is 13.6. The van der Waals surface area contributed by atoms with Crippen LogP contribution in [0.25, 0.3) is 0 Å². The summed E-state index contributed by atoms with van der Waals surface area (Å²) in [5, 5.41) is 4.16. The highest BCUT2D eigenvalue weighted by atomic mass is 32.1. The molecule has 17 heavy (non-hydrogen) atoms. The highest BCUT2D eigenvalue weighted by Gasteiger charge is 2.23. The van der Waals surface area contributed by atoms with Crippen molar-refractivity contribution >= 4 is 23.2 Å². The summed E-state index contributed by atoms with van der Waals surface area (Å²) >= 11 is 1.33. The second kappa shape index (κ2) is 5.27. The van der Waals surface area contributed by atoms with Crippen molar-refractivity contribution in [3.63, 3.8) is 0 Å². The van der Waals surface area contributed by atoms with Crippen molar-refractivity contribution in [1.29, 1.82) is 0 Å². The van der Waals surface area contributed by atoms with Crippen LogP contribution >= 0.6 is 11.3 Å². The van der Waals surface area contributed by atoms with Crippen LogP contribution in [0.2, 0.25) is 0 Å². The van der Waals surface area contributed by atoms with Crippen molar-refractivity contribution in [3.8, 4) is 0 Å². The van der Waals surface area contributed by atoms with Crippen molar-refractivity contribution in [2.75, 3.05) is 0 Å². The zero-order valence-electron chi connectivity index (χ0n) is 10.3. The summed E-state index contributed by atoms with van der Waals surface area (Å²) in [6.45, 7) is 6.91. The van der Waals surface area contributed by atoms with Gasteiger partial charge < -0.3 is 10.1 Å². The third kappa shape index (κ3) is 4.52. The maximum absolute atomic E-state index is 11.6. The number of hydrogen-bond acceptors (Lipinski definition) is 5. The van der Waals surface area contributed by atoms with E-state index in [1.165, 1.54) is 11.3 Å². The molecule has 6 heteroatoms. The Kier molecular flexibility index (Phi) is 4.22.